The van der Waals surface area contributed by atoms with Crippen LogP contribution in [0.4, 0.5) is 10.1 Å². The quantitative estimate of drug-likeness (QED) is 0.590. The SMILES string of the molecule is Cc1nn2c(c1N)CN=C2F. The first kappa shape index (κ1) is 6.33. The molecule has 1 aliphatic heterocycles. The summed E-state index contributed by atoms with van der Waals surface area (Å²) in [5, 5.41) is 3.86. The van der Waals surface area contributed by atoms with Crippen molar-refractivity contribution in [1.82, 2.24) is 9.78 Å². The van der Waals surface area contributed by atoms with E-state index >= 15 is 0 Å². The fourth-order valence-corrected chi connectivity index (χ4v) is 1.10. The number of aryl methyl sites for hydroxylation is 1. The van der Waals surface area contributed by atoms with Crippen LogP contribution in [0.1, 0.15) is 11.4 Å². The van der Waals surface area contributed by atoms with Crippen molar-refractivity contribution in [3.8, 4) is 0 Å². The zero-order valence-electron chi connectivity index (χ0n) is 6.00. The highest BCUT2D eigenvalue weighted by atomic mass is 19.1. The van der Waals surface area contributed by atoms with Crippen molar-refractivity contribution in [2.45, 2.75) is 13.5 Å². The van der Waals surface area contributed by atoms with Crippen LogP contribution in [-0.2, 0) is 6.54 Å². The Labute approximate surface area is 62.5 Å². The second-order valence-electron chi connectivity index (χ2n) is 2.44. The van der Waals surface area contributed by atoms with E-state index in [-0.39, 0.29) is 0 Å². The van der Waals surface area contributed by atoms with E-state index < -0.39 is 6.09 Å². The summed E-state index contributed by atoms with van der Waals surface area (Å²) in [5.74, 6) is 0. The zero-order valence-corrected chi connectivity index (χ0v) is 6.00. The average Bonchev–Trinajstić information content (AvgIpc) is 2.43. The summed E-state index contributed by atoms with van der Waals surface area (Å²) in [5.41, 5.74) is 7.45. The lowest BCUT2D eigenvalue weighted by Crippen LogP contribution is -2.04. The van der Waals surface area contributed by atoms with E-state index in [0.29, 0.717) is 23.6 Å². The normalized spacial score (nSPS) is 14.9. The summed E-state index contributed by atoms with van der Waals surface area (Å²) >= 11 is 0. The first-order chi connectivity index (χ1) is 5.20. The highest BCUT2D eigenvalue weighted by molar-refractivity contribution is 5.79. The van der Waals surface area contributed by atoms with E-state index in [1.807, 2.05) is 0 Å². The van der Waals surface area contributed by atoms with Gasteiger partial charge in [0.05, 0.1) is 23.6 Å². The van der Waals surface area contributed by atoms with Gasteiger partial charge in [-0.05, 0) is 6.92 Å². The van der Waals surface area contributed by atoms with Crippen LogP contribution in [0.25, 0.3) is 0 Å². The molecule has 58 valence electrons. The standard InChI is InChI=1S/C6H7FN4/c1-3-5(8)4-2-9-6(7)11(4)10-3/h2,8H2,1H3. The molecule has 2 N–H and O–H groups in total. The Morgan fingerprint density at radius 1 is 1.64 bits per heavy atom. The summed E-state index contributed by atoms with van der Waals surface area (Å²) in [7, 11) is 0. The second-order valence-corrected chi connectivity index (χ2v) is 2.44. The second kappa shape index (κ2) is 1.81. The molecule has 2 heterocycles. The largest absolute Gasteiger partial charge is 0.396 e. The minimum Gasteiger partial charge on any atom is -0.396 e. The van der Waals surface area contributed by atoms with Gasteiger partial charge in [0.25, 0.3) is 0 Å². The Hall–Kier alpha value is -1.39. The third kappa shape index (κ3) is 0.675. The van der Waals surface area contributed by atoms with E-state index in [4.69, 9.17) is 5.73 Å². The predicted molar refractivity (Wildman–Crippen MR) is 39.0 cm³/mol. The molecular formula is C6H7FN4. The van der Waals surface area contributed by atoms with Crippen LogP contribution in [0.15, 0.2) is 4.99 Å². The van der Waals surface area contributed by atoms with Crippen molar-refractivity contribution in [1.29, 1.82) is 0 Å². The molecule has 4 nitrogen and oxygen atoms in total. The maximum atomic E-state index is 12.7. The molecule has 0 saturated carbocycles. The highest BCUT2D eigenvalue weighted by Gasteiger charge is 2.20. The number of aromatic nitrogens is 2. The average molecular weight is 154 g/mol. The molecule has 0 radical (unpaired) electrons. The highest BCUT2D eigenvalue weighted by Crippen LogP contribution is 2.21. The molecule has 0 amide bonds. The van der Waals surface area contributed by atoms with E-state index in [1.165, 1.54) is 0 Å². The van der Waals surface area contributed by atoms with Crippen molar-refractivity contribution in [2.75, 3.05) is 5.73 Å². The molecule has 0 saturated heterocycles. The Morgan fingerprint density at radius 2 is 2.36 bits per heavy atom. The van der Waals surface area contributed by atoms with Gasteiger partial charge in [0, 0.05) is 0 Å². The molecule has 0 bridgehead atoms. The minimum absolute atomic E-state index is 0.304. The van der Waals surface area contributed by atoms with Gasteiger partial charge in [-0.2, -0.15) is 14.2 Å². The fourth-order valence-electron chi connectivity index (χ4n) is 1.10. The Bertz CT molecular complexity index is 339. The van der Waals surface area contributed by atoms with Crippen molar-refractivity contribution in [3.05, 3.63) is 11.4 Å². The molecule has 0 spiro atoms. The predicted octanol–water partition coefficient (Wildman–Crippen LogP) is 0.461. The third-order valence-corrected chi connectivity index (χ3v) is 1.74. The van der Waals surface area contributed by atoms with Gasteiger partial charge in [-0.25, -0.2) is 4.99 Å². The van der Waals surface area contributed by atoms with Crippen LogP contribution in [0.3, 0.4) is 0 Å². The van der Waals surface area contributed by atoms with Gasteiger partial charge in [-0.15, -0.1) is 0 Å². The molecule has 1 aromatic heterocycles. The lowest BCUT2D eigenvalue weighted by molar-refractivity contribution is 0.715. The fraction of sp³-hybridized carbons (Fsp3) is 0.333. The summed E-state index contributed by atoms with van der Waals surface area (Å²) in [6.45, 7) is 2.05. The number of fused-ring (bicyclic) bond motifs is 1. The van der Waals surface area contributed by atoms with Crippen molar-refractivity contribution >= 4 is 11.8 Å². The van der Waals surface area contributed by atoms with Gasteiger partial charge in [-0.3, -0.25) is 0 Å². The van der Waals surface area contributed by atoms with E-state index in [2.05, 4.69) is 10.1 Å². The number of nitrogens with two attached hydrogens (primary N) is 1. The van der Waals surface area contributed by atoms with Crippen molar-refractivity contribution < 1.29 is 4.39 Å². The Kier molecular flexibility index (Phi) is 1.04. The lowest BCUT2D eigenvalue weighted by Gasteiger charge is -1.89. The van der Waals surface area contributed by atoms with Gasteiger partial charge >= 0.3 is 6.09 Å². The van der Waals surface area contributed by atoms with E-state index in [9.17, 15) is 4.39 Å². The first-order valence-electron chi connectivity index (χ1n) is 3.24. The zero-order chi connectivity index (χ0) is 8.01. The number of rotatable bonds is 0. The molecule has 0 aliphatic carbocycles. The number of nitrogen functional groups attached to an aromatic ring is 1. The third-order valence-electron chi connectivity index (χ3n) is 1.74. The molecule has 2 rings (SSSR count). The molecule has 1 aromatic rings. The van der Waals surface area contributed by atoms with Crippen molar-refractivity contribution in [2.24, 2.45) is 4.99 Å². The summed E-state index contributed by atoms with van der Waals surface area (Å²) < 4.78 is 13.8. The number of hydrogen-bond acceptors (Lipinski definition) is 3. The van der Waals surface area contributed by atoms with Gasteiger partial charge in [0.2, 0.25) is 0 Å². The maximum absolute atomic E-state index is 12.7. The van der Waals surface area contributed by atoms with Crippen LogP contribution < -0.4 is 5.73 Å². The van der Waals surface area contributed by atoms with E-state index in [1.54, 1.807) is 6.92 Å². The number of hydrogen-bond donors (Lipinski definition) is 1. The van der Waals surface area contributed by atoms with Crippen LogP contribution in [0.5, 0.6) is 0 Å². The summed E-state index contributed by atoms with van der Waals surface area (Å²) in [6.07, 6.45) is -0.570. The lowest BCUT2D eigenvalue weighted by atomic mass is 10.3. The number of halogens is 1. The number of anilines is 1. The molecular weight excluding hydrogens is 147 g/mol. The first-order valence-corrected chi connectivity index (χ1v) is 3.24. The smallest absolute Gasteiger partial charge is 0.305 e. The topological polar surface area (TPSA) is 56.2 Å². The van der Waals surface area contributed by atoms with Crippen molar-refractivity contribution in [3.63, 3.8) is 0 Å². The van der Waals surface area contributed by atoms with Gasteiger partial charge in [-0.1, -0.05) is 0 Å². The van der Waals surface area contributed by atoms with Gasteiger partial charge in [0.1, 0.15) is 0 Å². The van der Waals surface area contributed by atoms with Gasteiger partial charge < -0.3 is 5.73 Å². The van der Waals surface area contributed by atoms with Gasteiger partial charge in [0.15, 0.2) is 0 Å². The summed E-state index contributed by atoms with van der Waals surface area (Å²) in [6, 6.07) is 0. The van der Waals surface area contributed by atoms with Crippen LogP contribution >= 0.6 is 0 Å². The Morgan fingerprint density at radius 3 is 3.00 bits per heavy atom. The molecule has 0 fully saturated rings. The minimum atomic E-state index is -0.570. The maximum Gasteiger partial charge on any atom is 0.305 e. The number of nitrogens with zero attached hydrogens (tertiary/aromatic N) is 3. The monoisotopic (exact) mass is 154 g/mol. The Balaban J connectivity index is 2.65. The molecule has 1 aliphatic rings. The molecule has 5 heteroatoms. The van der Waals surface area contributed by atoms with Crippen LogP contribution in [0, 0.1) is 6.92 Å². The van der Waals surface area contributed by atoms with Crippen LogP contribution in [-0.4, -0.2) is 15.9 Å². The molecule has 11 heavy (non-hydrogen) atoms. The number of aliphatic imine (C=N–C) groups is 1. The molecule has 0 atom stereocenters. The van der Waals surface area contributed by atoms with E-state index in [0.717, 1.165) is 4.68 Å². The summed E-state index contributed by atoms with van der Waals surface area (Å²) in [4.78, 5) is 3.54. The van der Waals surface area contributed by atoms with Crippen LogP contribution in [0.2, 0.25) is 0 Å². The molecule has 0 unspecified atom stereocenters. The molecule has 0 aromatic carbocycles.